The number of benzene rings is 1. The molecule has 4 nitrogen and oxygen atoms in total. The van der Waals surface area contributed by atoms with Gasteiger partial charge in [0.05, 0.1) is 12.7 Å². The molecule has 1 saturated heterocycles. The molecule has 2 N–H and O–H groups in total. The van der Waals surface area contributed by atoms with E-state index in [-0.39, 0.29) is 6.10 Å². The molecule has 1 unspecified atom stereocenters. The second kappa shape index (κ2) is 7.10. The average molecular weight is 285 g/mol. The van der Waals surface area contributed by atoms with Crippen LogP contribution in [0.3, 0.4) is 0 Å². The Morgan fingerprint density at radius 1 is 1.53 bits per heavy atom. The molecule has 0 amide bonds. The van der Waals surface area contributed by atoms with Gasteiger partial charge >= 0.3 is 0 Å². The highest BCUT2D eigenvalue weighted by atomic mass is 35.5. The minimum absolute atomic E-state index is 0.228. The molecule has 1 aliphatic rings. The first-order chi connectivity index (χ1) is 9.20. The third kappa shape index (κ3) is 4.08. The quantitative estimate of drug-likeness (QED) is 0.780. The van der Waals surface area contributed by atoms with E-state index >= 15 is 0 Å². The van der Waals surface area contributed by atoms with Crippen molar-refractivity contribution in [2.45, 2.75) is 19.1 Å². The summed E-state index contributed by atoms with van der Waals surface area (Å²) in [5, 5.41) is 13.7. The Balaban J connectivity index is 2.05. The maximum absolute atomic E-state index is 9.66. The van der Waals surface area contributed by atoms with Gasteiger partial charge in [-0.2, -0.15) is 0 Å². The van der Waals surface area contributed by atoms with Gasteiger partial charge in [0.15, 0.2) is 0 Å². The topological polar surface area (TPSA) is 44.7 Å². The molecular formula is C14H21ClN2O2. The van der Waals surface area contributed by atoms with Crippen molar-refractivity contribution < 1.29 is 9.84 Å². The summed E-state index contributed by atoms with van der Waals surface area (Å²) in [6, 6.07) is 5.93. The molecule has 1 atom stereocenters. The minimum Gasteiger partial charge on any atom is -0.391 e. The van der Waals surface area contributed by atoms with Crippen LogP contribution in [-0.2, 0) is 11.3 Å². The lowest BCUT2D eigenvalue weighted by atomic mass is 10.1. The Morgan fingerprint density at radius 2 is 2.37 bits per heavy atom. The number of halogens is 1. The second-order valence-electron chi connectivity index (χ2n) is 4.83. The molecule has 0 saturated carbocycles. The molecule has 0 spiro atoms. The number of nitrogens with zero attached hydrogens (tertiary/aromatic N) is 1. The minimum atomic E-state index is -0.228. The lowest BCUT2D eigenvalue weighted by Crippen LogP contribution is -2.25. The van der Waals surface area contributed by atoms with E-state index in [0.29, 0.717) is 13.2 Å². The third-order valence-electron chi connectivity index (χ3n) is 3.35. The Kier molecular flexibility index (Phi) is 5.45. The first-order valence-corrected chi connectivity index (χ1v) is 6.99. The van der Waals surface area contributed by atoms with Crippen LogP contribution in [0.25, 0.3) is 0 Å². The monoisotopic (exact) mass is 284 g/mol. The van der Waals surface area contributed by atoms with Gasteiger partial charge in [-0.05, 0) is 24.1 Å². The van der Waals surface area contributed by atoms with E-state index in [1.807, 2.05) is 18.2 Å². The zero-order chi connectivity index (χ0) is 13.7. The van der Waals surface area contributed by atoms with Gasteiger partial charge < -0.3 is 20.1 Å². The molecule has 106 valence electrons. The van der Waals surface area contributed by atoms with E-state index in [1.165, 1.54) is 5.56 Å². The number of methoxy groups -OCH3 is 1. The van der Waals surface area contributed by atoms with Crippen LogP contribution >= 0.6 is 11.6 Å². The molecular weight excluding hydrogens is 264 g/mol. The SMILES string of the molecule is COCCNCc1ccc(Cl)cc1N1CCC(O)C1. The van der Waals surface area contributed by atoms with Gasteiger partial charge in [0, 0.05) is 44.0 Å². The molecule has 0 aliphatic carbocycles. The number of rotatable bonds is 6. The highest BCUT2D eigenvalue weighted by Crippen LogP contribution is 2.28. The molecule has 19 heavy (non-hydrogen) atoms. The van der Waals surface area contributed by atoms with Crippen molar-refractivity contribution in [3.8, 4) is 0 Å². The van der Waals surface area contributed by atoms with Gasteiger partial charge in [-0.3, -0.25) is 0 Å². The second-order valence-corrected chi connectivity index (χ2v) is 5.27. The van der Waals surface area contributed by atoms with Crippen molar-refractivity contribution in [3.63, 3.8) is 0 Å². The fourth-order valence-electron chi connectivity index (χ4n) is 2.34. The Labute approximate surface area is 119 Å². The summed E-state index contributed by atoms with van der Waals surface area (Å²) in [5.74, 6) is 0. The summed E-state index contributed by atoms with van der Waals surface area (Å²) in [5.41, 5.74) is 2.32. The predicted octanol–water partition coefficient (Wildman–Crippen LogP) is 1.65. The van der Waals surface area contributed by atoms with Gasteiger partial charge in [0.1, 0.15) is 0 Å². The summed E-state index contributed by atoms with van der Waals surface area (Å²) in [7, 11) is 1.70. The molecule has 1 heterocycles. The molecule has 1 aliphatic heterocycles. The van der Waals surface area contributed by atoms with Crippen molar-refractivity contribution in [3.05, 3.63) is 28.8 Å². The van der Waals surface area contributed by atoms with Gasteiger partial charge in [-0.25, -0.2) is 0 Å². The summed E-state index contributed by atoms with van der Waals surface area (Å²) < 4.78 is 5.02. The van der Waals surface area contributed by atoms with Crippen molar-refractivity contribution in [2.75, 3.05) is 38.3 Å². The van der Waals surface area contributed by atoms with Crippen LogP contribution in [0.1, 0.15) is 12.0 Å². The molecule has 2 rings (SSSR count). The van der Waals surface area contributed by atoms with E-state index in [2.05, 4.69) is 10.2 Å². The molecule has 0 radical (unpaired) electrons. The van der Waals surface area contributed by atoms with Crippen LogP contribution in [0.4, 0.5) is 5.69 Å². The summed E-state index contributed by atoms with van der Waals surface area (Å²) >= 11 is 6.09. The number of aliphatic hydroxyl groups excluding tert-OH is 1. The van der Waals surface area contributed by atoms with Crippen molar-refractivity contribution in [1.82, 2.24) is 5.32 Å². The molecule has 0 bridgehead atoms. The number of hydrogen-bond acceptors (Lipinski definition) is 4. The summed E-state index contributed by atoms with van der Waals surface area (Å²) in [6.45, 7) is 3.87. The fraction of sp³-hybridized carbons (Fsp3) is 0.571. The van der Waals surface area contributed by atoms with Crippen LogP contribution in [0.15, 0.2) is 18.2 Å². The molecule has 1 aromatic carbocycles. The molecule has 0 aromatic heterocycles. The zero-order valence-corrected chi connectivity index (χ0v) is 12.0. The molecule has 1 fully saturated rings. The molecule has 1 aromatic rings. The van der Waals surface area contributed by atoms with E-state index in [0.717, 1.165) is 36.8 Å². The van der Waals surface area contributed by atoms with Crippen LogP contribution in [0, 0.1) is 0 Å². The summed E-state index contributed by atoms with van der Waals surface area (Å²) in [4.78, 5) is 2.20. The van der Waals surface area contributed by atoms with Crippen molar-refractivity contribution in [2.24, 2.45) is 0 Å². The van der Waals surface area contributed by atoms with Crippen LogP contribution in [-0.4, -0.2) is 44.6 Å². The third-order valence-corrected chi connectivity index (χ3v) is 3.58. The average Bonchev–Trinajstić information content (AvgIpc) is 2.82. The maximum atomic E-state index is 9.66. The zero-order valence-electron chi connectivity index (χ0n) is 11.2. The van der Waals surface area contributed by atoms with Gasteiger partial charge in [-0.15, -0.1) is 0 Å². The number of nitrogens with one attached hydrogen (secondary N) is 1. The van der Waals surface area contributed by atoms with Crippen molar-refractivity contribution in [1.29, 1.82) is 0 Å². The van der Waals surface area contributed by atoms with E-state index < -0.39 is 0 Å². The predicted molar refractivity (Wildman–Crippen MR) is 77.9 cm³/mol. The van der Waals surface area contributed by atoms with Gasteiger partial charge in [0.2, 0.25) is 0 Å². The number of β-amino-alcohol motifs (C(OH)–C–C–N with tert-alkyl or cyclic N) is 1. The first kappa shape index (κ1) is 14.6. The standard InChI is InChI=1S/C14H21ClN2O2/c1-19-7-5-16-9-11-2-3-12(15)8-14(11)17-6-4-13(18)10-17/h2-3,8,13,16,18H,4-7,9-10H2,1H3. The van der Waals surface area contributed by atoms with Gasteiger partial charge in [0.25, 0.3) is 0 Å². The van der Waals surface area contributed by atoms with E-state index in [9.17, 15) is 5.11 Å². The van der Waals surface area contributed by atoms with Crippen LogP contribution in [0.5, 0.6) is 0 Å². The largest absolute Gasteiger partial charge is 0.391 e. The molecule has 5 heteroatoms. The van der Waals surface area contributed by atoms with Crippen molar-refractivity contribution >= 4 is 17.3 Å². The maximum Gasteiger partial charge on any atom is 0.0731 e. The number of ether oxygens (including phenoxy) is 1. The lowest BCUT2D eigenvalue weighted by molar-refractivity contribution is 0.198. The van der Waals surface area contributed by atoms with E-state index in [1.54, 1.807) is 7.11 Å². The Hall–Kier alpha value is -0.810. The van der Waals surface area contributed by atoms with E-state index in [4.69, 9.17) is 16.3 Å². The number of hydrogen-bond donors (Lipinski definition) is 2. The highest BCUT2D eigenvalue weighted by molar-refractivity contribution is 6.30. The van der Waals surface area contributed by atoms with Gasteiger partial charge in [-0.1, -0.05) is 17.7 Å². The Bertz CT molecular complexity index is 414. The highest BCUT2D eigenvalue weighted by Gasteiger charge is 2.22. The first-order valence-electron chi connectivity index (χ1n) is 6.62. The normalized spacial score (nSPS) is 19.1. The fourth-order valence-corrected chi connectivity index (χ4v) is 2.51. The smallest absolute Gasteiger partial charge is 0.0731 e. The number of anilines is 1. The van der Waals surface area contributed by atoms with Crippen LogP contribution in [0.2, 0.25) is 5.02 Å². The number of aliphatic hydroxyl groups is 1. The lowest BCUT2D eigenvalue weighted by Gasteiger charge is -2.22. The summed E-state index contributed by atoms with van der Waals surface area (Å²) in [6.07, 6.45) is 0.594. The Morgan fingerprint density at radius 3 is 3.05 bits per heavy atom. The van der Waals surface area contributed by atoms with Crippen LogP contribution < -0.4 is 10.2 Å².